The number of pyridine rings is 1. The molecule has 0 saturated heterocycles. The molecule has 2 heterocycles. The fourth-order valence-electron chi connectivity index (χ4n) is 1.80. The van der Waals surface area contributed by atoms with Gasteiger partial charge in [0, 0.05) is 18.9 Å². The van der Waals surface area contributed by atoms with E-state index in [1.165, 1.54) is 16.5 Å². The third-order valence-corrected chi connectivity index (χ3v) is 2.65. The molecule has 7 heteroatoms. The smallest absolute Gasteiger partial charge is 0.348 e. The number of aromatic nitrogens is 1. The molecule has 0 aliphatic carbocycles. The van der Waals surface area contributed by atoms with E-state index in [0.717, 1.165) is 0 Å². The molecule has 2 aromatic rings. The first-order chi connectivity index (χ1) is 8.89. The van der Waals surface area contributed by atoms with Gasteiger partial charge < -0.3 is 9.72 Å². The van der Waals surface area contributed by atoms with E-state index in [0.29, 0.717) is 11.1 Å². The Morgan fingerprint density at radius 3 is 2.68 bits per heavy atom. The highest BCUT2D eigenvalue weighted by Gasteiger charge is 2.38. The molecule has 0 spiro atoms. The average Bonchev–Trinajstić information content (AvgIpc) is 2.72. The van der Waals surface area contributed by atoms with Crippen molar-refractivity contribution in [3.63, 3.8) is 0 Å². The van der Waals surface area contributed by atoms with Crippen LogP contribution in [0.1, 0.15) is 5.56 Å². The Bertz CT molecular complexity index is 603. The summed E-state index contributed by atoms with van der Waals surface area (Å²) < 4.78 is 51.0. The van der Waals surface area contributed by atoms with Gasteiger partial charge in [-0.3, -0.25) is 4.79 Å². The molecule has 19 heavy (non-hydrogen) atoms. The summed E-state index contributed by atoms with van der Waals surface area (Å²) in [6.45, 7) is -0.202. The molecule has 1 amide bonds. The molecule has 0 aromatic carbocycles. The van der Waals surface area contributed by atoms with Crippen molar-refractivity contribution >= 4 is 11.4 Å². The molecule has 0 aliphatic rings. The summed E-state index contributed by atoms with van der Waals surface area (Å²) >= 11 is 0. The second-order valence-corrected chi connectivity index (χ2v) is 3.96. The number of rotatable bonds is 3. The molecule has 0 aliphatic heterocycles. The van der Waals surface area contributed by atoms with E-state index >= 15 is 0 Å². The van der Waals surface area contributed by atoms with Crippen LogP contribution in [0.3, 0.4) is 0 Å². The number of carbonyl (C=O) groups is 1. The zero-order valence-electron chi connectivity index (χ0n) is 9.67. The first-order valence-electron chi connectivity index (χ1n) is 5.48. The lowest BCUT2D eigenvalue weighted by Gasteiger charge is -2.07. The summed E-state index contributed by atoms with van der Waals surface area (Å²) in [5.41, 5.74) is 0.851. The minimum atomic E-state index is -4.89. The van der Waals surface area contributed by atoms with Crippen molar-refractivity contribution in [1.82, 2.24) is 9.72 Å². The minimum absolute atomic E-state index is 0.124. The van der Waals surface area contributed by atoms with Crippen molar-refractivity contribution in [1.29, 1.82) is 0 Å². The van der Waals surface area contributed by atoms with Gasteiger partial charge in [-0.1, -0.05) is 0 Å². The molecule has 0 unspecified atom stereocenters. The summed E-state index contributed by atoms with van der Waals surface area (Å²) in [5, 5.41) is 1.75. The van der Waals surface area contributed by atoms with Gasteiger partial charge in [-0.15, -0.1) is 0 Å². The maximum atomic E-state index is 13.6. The second kappa shape index (κ2) is 4.91. The van der Waals surface area contributed by atoms with Crippen molar-refractivity contribution in [2.24, 2.45) is 0 Å². The molecular weight excluding hydrogens is 264 g/mol. The molecule has 2 aromatic heterocycles. The first kappa shape index (κ1) is 13.4. The lowest BCUT2D eigenvalue weighted by Crippen LogP contribution is -2.37. The maximum Gasteiger partial charge on any atom is 0.471 e. The van der Waals surface area contributed by atoms with Gasteiger partial charge in [0.05, 0.1) is 5.52 Å². The Balaban J connectivity index is 2.05. The van der Waals surface area contributed by atoms with Crippen LogP contribution in [-0.4, -0.2) is 23.0 Å². The van der Waals surface area contributed by atoms with E-state index in [2.05, 4.69) is 0 Å². The third kappa shape index (κ3) is 2.86. The van der Waals surface area contributed by atoms with Gasteiger partial charge >= 0.3 is 12.1 Å². The van der Waals surface area contributed by atoms with E-state index in [-0.39, 0.29) is 13.0 Å². The predicted octanol–water partition coefficient (Wildman–Crippen LogP) is 2.30. The number of nitrogens with one attached hydrogen (secondary N) is 1. The Hall–Kier alpha value is -2.05. The zero-order valence-corrected chi connectivity index (χ0v) is 9.67. The molecule has 0 radical (unpaired) electrons. The largest absolute Gasteiger partial charge is 0.471 e. The van der Waals surface area contributed by atoms with Gasteiger partial charge in [-0.25, -0.2) is 4.39 Å². The monoisotopic (exact) mass is 274 g/mol. The molecule has 0 atom stereocenters. The van der Waals surface area contributed by atoms with Gasteiger partial charge in [0.15, 0.2) is 0 Å². The van der Waals surface area contributed by atoms with Crippen molar-refractivity contribution in [3.8, 4) is 0 Å². The Morgan fingerprint density at radius 2 is 2.00 bits per heavy atom. The lowest BCUT2D eigenvalue weighted by atomic mass is 10.2. The first-order valence-corrected chi connectivity index (χ1v) is 5.48. The number of carbonyl (C=O) groups excluding carboxylic acids is 1. The van der Waals surface area contributed by atoms with Crippen LogP contribution in [0.25, 0.3) is 5.52 Å². The normalized spacial score (nSPS) is 11.8. The van der Waals surface area contributed by atoms with Crippen molar-refractivity contribution < 1.29 is 22.4 Å². The molecule has 0 fully saturated rings. The van der Waals surface area contributed by atoms with Crippen LogP contribution in [0, 0.1) is 5.82 Å². The van der Waals surface area contributed by atoms with E-state index < -0.39 is 17.9 Å². The molecule has 102 valence electrons. The second-order valence-electron chi connectivity index (χ2n) is 3.96. The quantitative estimate of drug-likeness (QED) is 0.856. The fraction of sp³-hybridized carbons (Fsp3) is 0.250. The van der Waals surface area contributed by atoms with Gasteiger partial charge in [0.25, 0.3) is 0 Å². The minimum Gasteiger partial charge on any atom is -0.348 e. The van der Waals surface area contributed by atoms with Gasteiger partial charge in [0.2, 0.25) is 0 Å². The van der Waals surface area contributed by atoms with Crippen LogP contribution in [0.15, 0.2) is 30.6 Å². The van der Waals surface area contributed by atoms with Gasteiger partial charge in [-0.05, 0) is 30.2 Å². The lowest BCUT2D eigenvalue weighted by molar-refractivity contribution is -0.173. The summed E-state index contributed by atoms with van der Waals surface area (Å²) in [6, 6.07) is 4.41. The van der Waals surface area contributed by atoms with Crippen LogP contribution >= 0.6 is 0 Å². The summed E-state index contributed by atoms with van der Waals surface area (Å²) in [6.07, 6.45) is -1.52. The molecular formula is C12H10F4N2O. The SMILES string of the molecule is O=C(NCCc1ccn2cccc(F)c12)C(F)(F)F. The fourth-order valence-corrected chi connectivity index (χ4v) is 1.80. The number of amides is 1. The Morgan fingerprint density at radius 1 is 1.26 bits per heavy atom. The highest BCUT2D eigenvalue weighted by Crippen LogP contribution is 2.17. The zero-order chi connectivity index (χ0) is 14.0. The molecule has 0 saturated carbocycles. The van der Waals surface area contributed by atoms with E-state index in [1.54, 1.807) is 23.8 Å². The van der Waals surface area contributed by atoms with Gasteiger partial charge in [0.1, 0.15) is 5.82 Å². The average molecular weight is 274 g/mol. The Labute approximate surface area is 105 Å². The van der Waals surface area contributed by atoms with Crippen molar-refractivity contribution in [3.05, 3.63) is 42.0 Å². The molecule has 1 N–H and O–H groups in total. The number of nitrogens with zero attached hydrogens (tertiary/aromatic N) is 1. The summed E-state index contributed by atoms with van der Waals surface area (Å²) in [7, 11) is 0. The number of halogens is 4. The van der Waals surface area contributed by atoms with E-state index in [9.17, 15) is 22.4 Å². The van der Waals surface area contributed by atoms with E-state index in [1.807, 2.05) is 0 Å². The number of hydrogen-bond acceptors (Lipinski definition) is 1. The van der Waals surface area contributed by atoms with Crippen molar-refractivity contribution in [2.45, 2.75) is 12.6 Å². The number of alkyl halides is 3. The highest BCUT2D eigenvalue weighted by molar-refractivity contribution is 5.81. The molecule has 3 nitrogen and oxygen atoms in total. The van der Waals surface area contributed by atoms with Crippen LogP contribution in [0.4, 0.5) is 17.6 Å². The van der Waals surface area contributed by atoms with Crippen LogP contribution in [0.2, 0.25) is 0 Å². The highest BCUT2D eigenvalue weighted by atomic mass is 19.4. The standard InChI is InChI=1S/C12H10F4N2O/c13-9-2-1-6-18-7-4-8(10(9)18)3-5-17-11(19)12(14,15)16/h1-2,4,6-7H,3,5H2,(H,17,19). The van der Waals surface area contributed by atoms with Crippen molar-refractivity contribution in [2.75, 3.05) is 6.54 Å². The molecule has 0 bridgehead atoms. The third-order valence-electron chi connectivity index (χ3n) is 2.65. The topological polar surface area (TPSA) is 33.5 Å². The summed E-state index contributed by atoms with van der Waals surface area (Å²) in [5.74, 6) is -2.44. The van der Waals surface area contributed by atoms with Crippen LogP contribution < -0.4 is 5.32 Å². The van der Waals surface area contributed by atoms with Gasteiger partial charge in [-0.2, -0.15) is 13.2 Å². The molecule has 2 rings (SSSR count). The summed E-state index contributed by atoms with van der Waals surface area (Å²) in [4.78, 5) is 10.6. The van der Waals surface area contributed by atoms with Crippen LogP contribution in [0.5, 0.6) is 0 Å². The number of fused-ring (bicyclic) bond motifs is 1. The number of hydrogen-bond donors (Lipinski definition) is 1. The van der Waals surface area contributed by atoms with Crippen LogP contribution in [-0.2, 0) is 11.2 Å². The predicted molar refractivity (Wildman–Crippen MR) is 60.1 cm³/mol. The van der Waals surface area contributed by atoms with E-state index in [4.69, 9.17) is 0 Å². The maximum absolute atomic E-state index is 13.6. The Kier molecular flexibility index (Phi) is 3.46.